The number of aryl methyl sites for hydroxylation is 1. The number of nitrogens with zero attached hydrogens (tertiary/aromatic N) is 3. The summed E-state index contributed by atoms with van der Waals surface area (Å²) in [4.78, 5) is 22.0. The Hall–Kier alpha value is -2.51. The third-order valence-corrected chi connectivity index (χ3v) is 7.28. The Morgan fingerprint density at radius 2 is 1.89 bits per heavy atom. The molecule has 0 bridgehead atoms. The zero-order chi connectivity index (χ0) is 24.6. The van der Waals surface area contributed by atoms with E-state index in [0.29, 0.717) is 19.0 Å². The lowest BCUT2D eigenvalue weighted by Gasteiger charge is -2.32. The van der Waals surface area contributed by atoms with Crippen molar-refractivity contribution in [2.24, 2.45) is 5.92 Å². The Bertz CT molecular complexity index is 954. The van der Waals surface area contributed by atoms with Crippen LogP contribution in [0, 0.1) is 18.7 Å². The largest absolute Gasteiger partial charge is 0.474 e. The van der Waals surface area contributed by atoms with E-state index in [1.165, 1.54) is 49.5 Å². The van der Waals surface area contributed by atoms with Crippen LogP contribution in [0.5, 0.6) is 5.88 Å². The van der Waals surface area contributed by atoms with E-state index in [1.54, 1.807) is 13.2 Å². The van der Waals surface area contributed by atoms with Gasteiger partial charge in [0.15, 0.2) is 0 Å². The van der Waals surface area contributed by atoms with E-state index in [-0.39, 0.29) is 23.7 Å². The topological polar surface area (TPSA) is 54.9 Å². The van der Waals surface area contributed by atoms with Crippen molar-refractivity contribution in [2.45, 2.75) is 64.5 Å². The quantitative estimate of drug-likeness (QED) is 0.495. The molecule has 2 fully saturated rings. The number of amides is 1. The number of hydrogen-bond donors (Lipinski definition) is 0. The highest BCUT2D eigenvalue weighted by atomic mass is 19.1. The minimum Gasteiger partial charge on any atom is -0.474 e. The molecule has 2 aromatic rings. The monoisotopic (exact) mass is 483 g/mol. The predicted molar refractivity (Wildman–Crippen MR) is 135 cm³/mol. The molecule has 0 unspecified atom stereocenters. The van der Waals surface area contributed by atoms with E-state index < -0.39 is 0 Å². The van der Waals surface area contributed by atoms with Gasteiger partial charge in [0.05, 0.1) is 12.8 Å². The SMILES string of the molecule is COCCN(C(=O)C1CCC(Oc2ccc(F)cn2)CC1)c1ccc(CN2CCCCC2)c(C)c1. The fourth-order valence-electron chi connectivity index (χ4n) is 5.18. The summed E-state index contributed by atoms with van der Waals surface area (Å²) >= 11 is 0. The van der Waals surface area contributed by atoms with Crippen LogP contribution in [0.25, 0.3) is 0 Å². The second-order valence-corrected chi connectivity index (χ2v) is 9.84. The standard InChI is InChI=1S/C28H38FN3O3/c1-21-18-25(10-6-23(21)20-31-14-4-3-5-15-31)32(16-17-34-2)28(33)22-7-11-26(12-8-22)35-27-13-9-24(29)19-30-27/h6,9-10,13,18-19,22,26H,3-5,7-8,11-12,14-17,20H2,1-2H3. The summed E-state index contributed by atoms with van der Waals surface area (Å²) in [5.74, 6) is 0.172. The van der Waals surface area contributed by atoms with E-state index in [0.717, 1.165) is 44.1 Å². The Kier molecular flexibility index (Phi) is 9.10. The summed E-state index contributed by atoms with van der Waals surface area (Å²) in [6.07, 6.45) is 8.15. The first-order valence-electron chi connectivity index (χ1n) is 12.9. The molecule has 0 spiro atoms. The fourth-order valence-corrected chi connectivity index (χ4v) is 5.18. The van der Waals surface area contributed by atoms with Crippen LogP contribution < -0.4 is 9.64 Å². The van der Waals surface area contributed by atoms with E-state index in [9.17, 15) is 9.18 Å². The third-order valence-electron chi connectivity index (χ3n) is 7.28. The number of aromatic nitrogens is 1. The molecule has 35 heavy (non-hydrogen) atoms. The molecule has 1 saturated carbocycles. The van der Waals surface area contributed by atoms with E-state index in [2.05, 4.69) is 35.0 Å². The number of rotatable bonds is 9. The van der Waals surface area contributed by atoms with Crippen molar-refractivity contribution in [1.82, 2.24) is 9.88 Å². The smallest absolute Gasteiger partial charge is 0.230 e. The summed E-state index contributed by atoms with van der Waals surface area (Å²) in [6.45, 7) is 6.50. The number of benzene rings is 1. The molecule has 0 atom stereocenters. The normalized spacial score (nSPS) is 21.0. The molecule has 0 N–H and O–H groups in total. The Labute approximate surface area is 208 Å². The van der Waals surface area contributed by atoms with Crippen LogP contribution in [0.3, 0.4) is 0 Å². The van der Waals surface area contributed by atoms with Gasteiger partial charge in [-0.25, -0.2) is 9.37 Å². The van der Waals surface area contributed by atoms with Gasteiger partial charge in [0.1, 0.15) is 11.9 Å². The molecule has 1 aromatic heterocycles. The molecule has 1 aliphatic heterocycles. The van der Waals surface area contributed by atoms with Crippen LogP contribution in [0.15, 0.2) is 36.5 Å². The lowest BCUT2D eigenvalue weighted by atomic mass is 9.86. The van der Waals surface area contributed by atoms with Crippen molar-refractivity contribution in [3.63, 3.8) is 0 Å². The zero-order valence-electron chi connectivity index (χ0n) is 21.0. The number of hydrogen-bond acceptors (Lipinski definition) is 5. The van der Waals surface area contributed by atoms with Crippen LogP contribution in [0.4, 0.5) is 10.1 Å². The molecule has 2 heterocycles. The molecule has 6 nitrogen and oxygen atoms in total. The molecule has 1 aromatic carbocycles. The number of likely N-dealkylation sites (tertiary alicyclic amines) is 1. The van der Waals surface area contributed by atoms with Crippen LogP contribution in [-0.2, 0) is 16.1 Å². The summed E-state index contributed by atoms with van der Waals surface area (Å²) in [6, 6.07) is 9.34. The van der Waals surface area contributed by atoms with Crippen molar-refractivity contribution in [3.8, 4) is 5.88 Å². The maximum Gasteiger partial charge on any atom is 0.230 e. The van der Waals surface area contributed by atoms with Crippen LogP contribution in [0.1, 0.15) is 56.1 Å². The van der Waals surface area contributed by atoms with Gasteiger partial charge in [0.25, 0.3) is 0 Å². The van der Waals surface area contributed by atoms with Crippen molar-refractivity contribution >= 4 is 11.6 Å². The van der Waals surface area contributed by atoms with Gasteiger partial charge in [-0.1, -0.05) is 12.5 Å². The number of pyridine rings is 1. The third kappa shape index (κ3) is 7.01. The molecule has 1 saturated heterocycles. The van der Waals surface area contributed by atoms with Gasteiger partial charge < -0.3 is 14.4 Å². The van der Waals surface area contributed by atoms with Gasteiger partial charge in [-0.2, -0.15) is 0 Å². The zero-order valence-corrected chi connectivity index (χ0v) is 21.0. The van der Waals surface area contributed by atoms with Crippen molar-refractivity contribution in [2.75, 3.05) is 38.3 Å². The second-order valence-electron chi connectivity index (χ2n) is 9.84. The van der Waals surface area contributed by atoms with Gasteiger partial charge in [-0.05, 0) is 87.9 Å². The Morgan fingerprint density at radius 3 is 2.54 bits per heavy atom. The minimum absolute atomic E-state index is 0.000696. The number of carbonyl (C=O) groups is 1. The van der Waals surface area contributed by atoms with Crippen LogP contribution in [-0.4, -0.2) is 55.2 Å². The Balaban J connectivity index is 1.38. The van der Waals surface area contributed by atoms with Crippen LogP contribution >= 0.6 is 0 Å². The number of anilines is 1. The highest BCUT2D eigenvalue weighted by Crippen LogP contribution is 2.31. The number of ether oxygens (including phenoxy) is 2. The average Bonchev–Trinajstić information content (AvgIpc) is 2.88. The molecular formula is C28H38FN3O3. The first-order valence-corrected chi connectivity index (χ1v) is 12.9. The maximum atomic E-state index is 13.6. The molecule has 190 valence electrons. The van der Waals surface area contributed by atoms with Gasteiger partial charge in [-0.15, -0.1) is 0 Å². The molecule has 1 amide bonds. The van der Waals surface area contributed by atoms with Crippen molar-refractivity contribution in [1.29, 1.82) is 0 Å². The second kappa shape index (κ2) is 12.5. The van der Waals surface area contributed by atoms with Crippen molar-refractivity contribution in [3.05, 3.63) is 53.5 Å². The lowest BCUT2D eigenvalue weighted by molar-refractivity contribution is -0.124. The van der Waals surface area contributed by atoms with Gasteiger partial charge >= 0.3 is 0 Å². The lowest BCUT2D eigenvalue weighted by Crippen LogP contribution is -2.41. The molecule has 1 aliphatic carbocycles. The van der Waals surface area contributed by atoms with Gasteiger partial charge in [-0.3, -0.25) is 9.69 Å². The summed E-state index contributed by atoms with van der Waals surface area (Å²) in [5.41, 5.74) is 3.51. The first-order chi connectivity index (χ1) is 17.0. The highest BCUT2D eigenvalue weighted by molar-refractivity contribution is 5.95. The van der Waals surface area contributed by atoms with Gasteiger partial charge in [0.2, 0.25) is 11.8 Å². The number of methoxy groups -OCH3 is 1. The molecule has 0 radical (unpaired) electrons. The first kappa shape index (κ1) is 25.6. The molecular weight excluding hydrogens is 445 g/mol. The summed E-state index contributed by atoms with van der Waals surface area (Å²) in [7, 11) is 1.67. The van der Waals surface area contributed by atoms with Crippen LogP contribution in [0.2, 0.25) is 0 Å². The summed E-state index contributed by atoms with van der Waals surface area (Å²) in [5, 5.41) is 0. The minimum atomic E-state index is -0.377. The fraction of sp³-hybridized carbons (Fsp3) is 0.571. The number of carbonyl (C=O) groups excluding carboxylic acids is 1. The number of piperidine rings is 1. The van der Waals surface area contributed by atoms with Gasteiger partial charge in [0, 0.05) is 37.9 Å². The van der Waals surface area contributed by atoms with Crippen molar-refractivity contribution < 1.29 is 18.7 Å². The molecule has 4 rings (SSSR count). The van der Waals surface area contributed by atoms with E-state index in [4.69, 9.17) is 9.47 Å². The van der Waals surface area contributed by atoms with E-state index >= 15 is 0 Å². The number of halogens is 1. The molecule has 7 heteroatoms. The maximum absolute atomic E-state index is 13.6. The van der Waals surface area contributed by atoms with E-state index in [1.807, 2.05) is 4.90 Å². The highest BCUT2D eigenvalue weighted by Gasteiger charge is 2.31. The Morgan fingerprint density at radius 1 is 1.11 bits per heavy atom. The summed E-state index contributed by atoms with van der Waals surface area (Å²) < 4.78 is 24.3. The average molecular weight is 484 g/mol. The molecule has 2 aliphatic rings. The predicted octanol–water partition coefficient (Wildman–Crippen LogP) is 5.13.